The summed E-state index contributed by atoms with van der Waals surface area (Å²) < 4.78 is 1.88. The van der Waals surface area contributed by atoms with E-state index in [-0.39, 0.29) is 32.7 Å². The molecule has 0 spiro atoms. The van der Waals surface area contributed by atoms with E-state index in [0.29, 0.717) is 0 Å². The molecule has 1 heterocycles. The van der Waals surface area contributed by atoms with Crippen molar-refractivity contribution in [2.45, 2.75) is 6.92 Å². The van der Waals surface area contributed by atoms with Gasteiger partial charge in [0.1, 0.15) is 0 Å². The molecule has 1 radical (unpaired) electrons. The first kappa shape index (κ1) is 9.88. The summed E-state index contributed by atoms with van der Waals surface area (Å²) in [5.74, 6) is 0. The summed E-state index contributed by atoms with van der Waals surface area (Å²) in [6, 6.07) is 9.01. The van der Waals surface area contributed by atoms with E-state index in [1.807, 2.05) is 23.9 Å². The van der Waals surface area contributed by atoms with E-state index in [1.54, 1.807) is 0 Å². The van der Waals surface area contributed by atoms with Crippen molar-refractivity contribution in [3.63, 3.8) is 0 Å². The zero-order valence-corrected chi connectivity index (χ0v) is 10.0. The molecule has 0 N–H and O–H groups in total. The van der Waals surface area contributed by atoms with Gasteiger partial charge in [-0.1, -0.05) is 5.39 Å². The molecule has 3 heteroatoms. The van der Waals surface area contributed by atoms with Crippen LogP contribution in [0.2, 0.25) is 0 Å². The molecule has 2 rings (SSSR count). The van der Waals surface area contributed by atoms with Crippen molar-refractivity contribution in [3.05, 3.63) is 30.0 Å². The predicted molar refractivity (Wildman–Crippen MR) is 44.3 cm³/mol. The standard InChI is InChI=1S/C9H9N2.Y/c1-7-8-5-3-4-6-9(8)10-11(7)2;/h3-5H,1-2H3;/q-1;. The fraction of sp³-hybridized carbons (Fsp3) is 0.222. The minimum atomic E-state index is 0. The van der Waals surface area contributed by atoms with Crippen molar-refractivity contribution in [1.29, 1.82) is 0 Å². The molecule has 2 nitrogen and oxygen atoms in total. The largest absolute Gasteiger partial charge is 0.286 e. The number of rotatable bonds is 0. The Morgan fingerprint density at radius 2 is 2.25 bits per heavy atom. The van der Waals surface area contributed by atoms with Gasteiger partial charge in [0.15, 0.2) is 0 Å². The topological polar surface area (TPSA) is 17.8 Å². The maximum absolute atomic E-state index is 4.27. The first-order valence-corrected chi connectivity index (χ1v) is 3.59. The van der Waals surface area contributed by atoms with Crippen LogP contribution >= 0.6 is 0 Å². The summed E-state index contributed by atoms with van der Waals surface area (Å²) >= 11 is 0. The van der Waals surface area contributed by atoms with Gasteiger partial charge >= 0.3 is 0 Å². The van der Waals surface area contributed by atoms with Crippen LogP contribution in [0.5, 0.6) is 0 Å². The van der Waals surface area contributed by atoms with E-state index < -0.39 is 0 Å². The Hall–Kier alpha value is -0.206. The number of benzene rings is 1. The van der Waals surface area contributed by atoms with Crippen LogP contribution in [0.15, 0.2) is 18.2 Å². The second kappa shape index (κ2) is 3.67. The van der Waals surface area contributed by atoms with Crippen LogP contribution < -0.4 is 0 Å². The molecular formula is C9H9N2Y-. The smallest absolute Gasteiger partial charge is 0.0287 e. The van der Waals surface area contributed by atoms with E-state index in [1.165, 1.54) is 11.1 Å². The van der Waals surface area contributed by atoms with Gasteiger partial charge in [0.05, 0.1) is 0 Å². The molecule has 0 saturated carbocycles. The van der Waals surface area contributed by atoms with Crippen LogP contribution in [0.25, 0.3) is 10.9 Å². The minimum absolute atomic E-state index is 0. The normalized spacial score (nSPS) is 9.83. The number of fused-ring (bicyclic) bond motifs is 1. The molecule has 12 heavy (non-hydrogen) atoms. The molecule has 59 valence electrons. The second-order valence-corrected chi connectivity index (χ2v) is 2.64. The summed E-state index contributed by atoms with van der Waals surface area (Å²) in [5.41, 5.74) is 2.14. The fourth-order valence-electron chi connectivity index (χ4n) is 1.20. The van der Waals surface area contributed by atoms with Crippen LogP contribution in [0, 0.1) is 13.0 Å². The molecule has 0 aliphatic carbocycles. The summed E-state index contributed by atoms with van der Waals surface area (Å²) in [5, 5.41) is 5.46. The first-order valence-electron chi connectivity index (χ1n) is 3.59. The Bertz CT molecular complexity index is 392. The molecule has 0 unspecified atom stereocenters. The fourth-order valence-corrected chi connectivity index (χ4v) is 1.20. The Kier molecular flexibility index (Phi) is 3.02. The number of hydrogen-bond donors (Lipinski definition) is 0. The molecule has 0 fully saturated rings. The van der Waals surface area contributed by atoms with Crippen LogP contribution in [-0.2, 0) is 39.8 Å². The van der Waals surface area contributed by atoms with Gasteiger partial charge in [-0.25, -0.2) is 5.10 Å². The second-order valence-electron chi connectivity index (χ2n) is 2.64. The molecule has 0 atom stereocenters. The predicted octanol–water partition coefficient (Wildman–Crippen LogP) is 1.68. The maximum Gasteiger partial charge on any atom is 0.0287 e. The van der Waals surface area contributed by atoms with Crippen LogP contribution in [0.3, 0.4) is 0 Å². The minimum Gasteiger partial charge on any atom is -0.286 e. The Labute approximate surface area is 96.8 Å². The van der Waals surface area contributed by atoms with Crippen LogP contribution in [0.4, 0.5) is 0 Å². The van der Waals surface area contributed by atoms with Crippen LogP contribution in [0.1, 0.15) is 5.69 Å². The van der Waals surface area contributed by atoms with Gasteiger partial charge in [-0.15, -0.1) is 0 Å². The summed E-state index contributed by atoms with van der Waals surface area (Å²) in [7, 11) is 1.95. The van der Waals surface area contributed by atoms with E-state index in [2.05, 4.69) is 24.2 Å². The molecule has 2 aromatic rings. The molecule has 0 bridgehead atoms. The van der Waals surface area contributed by atoms with Crippen molar-refractivity contribution in [2.24, 2.45) is 7.05 Å². The van der Waals surface area contributed by atoms with E-state index >= 15 is 0 Å². The van der Waals surface area contributed by atoms with Gasteiger partial charge in [0.25, 0.3) is 0 Å². The van der Waals surface area contributed by atoms with Crippen molar-refractivity contribution in [3.8, 4) is 0 Å². The number of aryl methyl sites for hydroxylation is 2. The Morgan fingerprint density at radius 1 is 1.50 bits per heavy atom. The van der Waals surface area contributed by atoms with E-state index in [0.717, 1.165) is 5.52 Å². The first-order chi connectivity index (χ1) is 5.29. The third kappa shape index (κ3) is 1.46. The van der Waals surface area contributed by atoms with Crippen molar-refractivity contribution in [2.75, 3.05) is 0 Å². The van der Waals surface area contributed by atoms with Gasteiger partial charge in [0, 0.05) is 39.8 Å². The number of nitrogens with zero attached hydrogens (tertiary/aromatic N) is 2. The summed E-state index contributed by atoms with van der Waals surface area (Å²) in [4.78, 5) is 0. The Balaban J connectivity index is 0.000000720. The van der Waals surface area contributed by atoms with E-state index in [4.69, 9.17) is 0 Å². The average Bonchev–Trinajstić information content (AvgIpc) is 2.30. The van der Waals surface area contributed by atoms with E-state index in [9.17, 15) is 0 Å². The molecule has 1 aromatic carbocycles. The van der Waals surface area contributed by atoms with Crippen molar-refractivity contribution >= 4 is 10.9 Å². The number of hydrogen-bond acceptors (Lipinski definition) is 1. The van der Waals surface area contributed by atoms with Gasteiger partial charge < -0.3 is 0 Å². The van der Waals surface area contributed by atoms with Crippen molar-refractivity contribution in [1.82, 2.24) is 9.78 Å². The zero-order chi connectivity index (χ0) is 7.84. The van der Waals surface area contributed by atoms with Gasteiger partial charge in [-0.3, -0.25) is 4.68 Å². The zero-order valence-electron chi connectivity index (χ0n) is 7.20. The quantitative estimate of drug-likeness (QED) is 0.634. The monoisotopic (exact) mass is 234 g/mol. The molecule has 0 aliphatic rings. The number of aromatic nitrogens is 2. The van der Waals surface area contributed by atoms with Crippen molar-refractivity contribution < 1.29 is 32.7 Å². The van der Waals surface area contributed by atoms with Gasteiger partial charge in [-0.05, 0) is 18.1 Å². The molecule has 0 amide bonds. The molecular weight excluding hydrogens is 225 g/mol. The molecule has 0 saturated heterocycles. The SMILES string of the molecule is Cc1c2ccc[c-]c2nn1C.[Y]. The summed E-state index contributed by atoms with van der Waals surface area (Å²) in [6.45, 7) is 2.06. The van der Waals surface area contributed by atoms with Gasteiger partial charge in [0.2, 0.25) is 0 Å². The molecule has 1 aromatic heterocycles. The maximum atomic E-state index is 4.27. The molecule has 0 aliphatic heterocycles. The summed E-state index contributed by atoms with van der Waals surface area (Å²) in [6.07, 6.45) is 0. The van der Waals surface area contributed by atoms with Gasteiger partial charge in [-0.2, -0.15) is 24.3 Å². The third-order valence-electron chi connectivity index (χ3n) is 1.96. The van der Waals surface area contributed by atoms with Crippen LogP contribution in [-0.4, -0.2) is 9.78 Å². The average molecular weight is 234 g/mol. The Morgan fingerprint density at radius 3 is 2.92 bits per heavy atom. The third-order valence-corrected chi connectivity index (χ3v) is 1.96.